The first-order chi connectivity index (χ1) is 11.6. The van der Waals surface area contributed by atoms with Crippen LogP contribution in [0.15, 0.2) is 41.1 Å². The average molecular weight is 325 g/mol. The fourth-order valence-corrected chi connectivity index (χ4v) is 2.27. The number of anilines is 1. The Morgan fingerprint density at radius 3 is 2.71 bits per heavy atom. The molecule has 124 valence electrons. The molecule has 24 heavy (non-hydrogen) atoms. The van der Waals surface area contributed by atoms with Gasteiger partial charge in [0.2, 0.25) is 17.6 Å². The fraction of sp³-hybridized carbons (Fsp3) is 0.294. The quantitative estimate of drug-likeness (QED) is 0.753. The number of amides is 1. The largest absolute Gasteiger partial charge is 0.339 e. The molecule has 0 bridgehead atoms. The van der Waals surface area contributed by atoms with Crippen molar-refractivity contribution in [2.24, 2.45) is 7.05 Å². The standard InChI is InChI=1S/C17H19N5O2/c1-3-12-4-6-13(7-5-12)17-19-16(24-21-17)9-8-15(23)18-14-10-11-22(2)20-14/h4-7,10-11H,3,8-9H2,1-2H3,(H,18,20,23). The van der Waals surface area contributed by atoms with E-state index in [0.717, 1.165) is 12.0 Å². The second-order valence-electron chi connectivity index (χ2n) is 5.49. The summed E-state index contributed by atoms with van der Waals surface area (Å²) < 4.78 is 6.85. The number of nitrogens with zero attached hydrogens (tertiary/aromatic N) is 4. The van der Waals surface area contributed by atoms with Crippen LogP contribution in [0.4, 0.5) is 5.82 Å². The normalized spacial score (nSPS) is 10.8. The van der Waals surface area contributed by atoms with Crippen molar-refractivity contribution in [2.45, 2.75) is 26.2 Å². The Labute approximate surface area is 139 Å². The van der Waals surface area contributed by atoms with E-state index in [1.54, 1.807) is 24.0 Å². The Morgan fingerprint density at radius 1 is 1.25 bits per heavy atom. The first kappa shape index (κ1) is 15.9. The summed E-state index contributed by atoms with van der Waals surface area (Å²) in [5, 5.41) is 10.8. The number of carbonyl (C=O) groups excluding carboxylic acids is 1. The molecule has 0 atom stereocenters. The molecule has 1 N–H and O–H groups in total. The molecule has 0 aliphatic carbocycles. The van der Waals surface area contributed by atoms with Gasteiger partial charge in [-0.15, -0.1) is 0 Å². The summed E-state index contributed by atoms with van der Waals surface area (Å²) in [6, 6.07) is 9.78. The van der Waals surface area contributed by atoms with E-state index in [4.69, 9.17) is 4.52 Å². The third kappa shape index (κ3) is 3.87. The van der Waals surface area contributed by atoms with E-state index >= 15 is 0 Å². The van der Waals surface area contributed by atoms with Crippen molar-refractivity contribution >= 4 is 11.7 Å². The van der Waals surface area contributed by atoms with E-state index in [2.05, 4.69) is 27.5 Å². The van der Waals surface area contributed by atoms with Crippen LogP contribution < -0.4 is 5.32 Å². The summed E-state index contributed by atoms with van der Waals surface area (Å²) in [4.78, 5) is 16.2. The molecule has 2 aromatic heterocycles. The zero-order valence-electron chi connectivity index (χ0n) is 13.7. The van der Waals surface area contributed by atoms with Gasteiger partial charge in [0.25, 0.3) is 0 Å². The molecule has 0 spiro atoms. The third-order valence-electron chi connectivity index (χ3n) is 3.64. The van der Waals surface area contributed by atoms with Crippen molar-refractivity contribution in [1.29, 1.82) is 0 Å². The molecule has 0 aliphatic heterocycles. The zero-order chi connectivity index (χ0) is 16.9. The van der Waals surface area contributed by atoms with Gasteiger partial charge in [0.15, 0.2) is 5.82 Å². The van der Waals surface area contributed by atoms with Gasteiger partial charge < -0.3 is 9.84 Å². The van der Waals surface area contributed by atoms with Crippen LogP contribution in [-0.4, -0.2) is 25.8 Å². The molecule has 0 unspecified atom stereocenters. The number of hydrogen-bond acceptors (Lipinski definition) is 5. The van der Waals surface area contributed by atoms with Crippen molar-refractivity contribution in [3.05, 3.63) is 48.0 Å². The molecule has 3 rings (SSSR count). The lowest BCUT2D eigenvalue weighted by atomic mass is 10.1. The van der Waals surface area contributed by atoms with Crippen LogP contribution in [0.2, 0.25) is 0 Å². The maximum Gasteiger partial charge on any atom is 0.227 e. The van der Waals surface area contributed by atoms with E-state index in [-0.39, 0.29) is 12.3 Å². The summed E-state index contributed by atoms with van der Waals surface area (Å²) in [6.45, 7) is 2.11. The van der Waals surface area contributed by atoms with Crippen molar-refractivity contribution < 1.29 is 9.32 Å². The molecule has 0 radical (unpaired) electrons. The summed E-state index contributed by atoms with van der Waals surface area (Å²) in [5.41, 5.74) is 2.16. The number of benzene rings is 1. The van der Waals surface area contributed by atoms with Crippen LogP contribution in [-0.2, 0) is 24.7 Å². The molecular weight excluding hydrogens is 306 g/mol. The molecule has 7 heteroatoms. The number of nitrogens with one attached hydrogen (secondary N) is 1. The maximum atomic E-state index is 11.9. The monoisotopic (exact) mass is 325 g/mol. The van der Waals surface area contributed by atoms with E-state index in [1.807, 2.05) is 24.3 Å². The highest BCUT2D eigenvalue weighted by atomic mass is 16.5. The minimum Gasteiger partial charge on any atom is -0.339 e. The fourth-order valence-electron chi connectivity index (χ4n) is 2.27. The van der Waals surface area contributed by atoms with Crippen molar-refractivity contribution in [3.63, 3.8) is 0 Å². The smallest absolute Gasteiger partial charge is 0.227 e. The van der Waals surface area contributed by atoms with Crippen molar-refractivity contribution in [1.82, 2.24) is 19.9 Å². The van der Waals surface area contributed by atoms with E-state index < -0.39 is 0 Å². The molecule has 1 aromatic carbocycles. The van der Waals surface area contributed by atoms with E-state index in [1.165, 1.54) is 5.56 Å². The number of aryl methyl sites for hydroxylation is 3. The Balaban J connectivity index is 1.56. The molecule has 0 fully saturated rings. The minimum absolute atomic E-state index is 0.138. The van der Waals surface area contributed by atoms with Gasteiger partial charge in [-0.2, -0.15) is 10.1 Å². The lowest BCUT2D eigenvalue weighted by Crippen LogP contribution is -2.13. The Kier molecular flexibility index (Phi) is 4.69. The first-order valence-electron chi connectivity index (χ1n) is 7.85. The molecule has 0 saturated heterocycles. The van der Waals surface area contributed by atoms with Gasteiger partial charge in [-0.3, -0.25) is 9.48 Å². The maximum absolute atomic E-state index is 11.9. The number of rotatable bonds is 6. The van der Waals surface area contributed by atoms with E-state index in [0.29, 0.717) is 24.0 Å². The molecule has 2 heterocycles. The van der Waals surface area contributed by atoms with Crippen LogP contribution in [0, 0.1) is 0 Å². The Bertz CT molecular complexity index is 820. The second kappa shape index (κ2) is 7.08. The van der Waals surface area contributed by atoms with Crippen LogP contribution in [0.3, 0.4) is 0 Å². The first-order valence-corrected chi connectivity index (χ1v) is 7.85. The summed E-state index contributed by atoms with van der Waals surface area (Å²) in [6.07, 6.45) is 3.40. The number of hydrogen-bond donors (Lipinski definition) is 1. The van der Waals surface area contributed by atoms with Crippen LogP contribution >= 0.6 is 0 Å². The highest BCUT2D eigenvalue weighted by Crippen LogP contribution is 2.17. The third-order valence-corrected chi connectivity index (χ3v) is 3.64. The highest BCUT2D eigenvalue weighted by molar-refractivity contribution is 5.89. The average Bonchev–Trinajstić information content (AvgIpc) is 3.22. The second-order valence-corrected chi connectivity index (χ2v) is 5.49. The van der Waals surface area contributed by atoms with Crippen molar-refractivity contribution in [3.8, 4) is 11.4 Å². The van der Waals surface area contributed by atoms with Gasteiger partial charge in [0, 0.05) is 37.7 Å². The topological polar surface area (TPSA) is 85.8 Å². The van der Waals surface area contributed by atoms with Crippen molar-refractivity contribution in [2.75, 3.05) is 5.32 Å². The Hall–Kier alpha value is -2.96. The molecule has 3 aromatic rings. The molecule has 0 aliphatic rings. The summed E-state index contributed by atoms with van der Waals surface area (Å²) in [5.74, 6) is 1.38. The Morgan fingerprint density at radius 2 is 2.04 bits per heavy atom. The van der Waals surface area contributed by atoms with Crippen LogP contribution in [0.25, 0.3) is 11.4 Å². The zero-order valence-corrected chi connectivity index (χ0v) is 13.7. The molecular formula is C17H19N5O2. The highest BCUT2D eigenvalue weighted by Gasteiger charge is 2.11. The SMILES string of the molecule is CCc1ccc(-c2noc(CCC(=O)Nc3ccn(C)n3)n2)cc1. The summed E-state index contributed by atoms with van der Waals surface area (Å²) in [7, 11) is 1.79. The minimum atomic E-state index is -0.138. The lowest BCUT2D eigenvalue weighted by molar-refractivity contribution is -0.116. The van der Waals surface area contributed by atoms with Gasteiger partial charge in [0.1, 0.15) is 0 Å². The number of aromatic nitrogens is 4. The molecule has 0 saturated carbocycles. The van der Waals surface area contributed by atoms with Crippen LogP contribution in [0.5, 0.6) is 0 Å². The van der Waals surface area contributed by atoms with E-state index in [9.17, 15) is 4.79 Å². The molecule has 7 nitrogen and oxygen atoms in total. The van der Waals surface area contributed by atoms with Gasteiger partial charge in [-0.05, 0) is 12.0 Å². The predicted molar refractivity (Wildman–Crippen MR) is 89.3 cm³/mol. The predicted octanol–water partition coefficient (Wildman–Crippen LogP) is 2.60. The lowest BCUT2D eigenvalue weighted by Gasteiger charge is -1.99. The molecule has 1 amide bonds. The van der Waals surface area contributed by atoms with Gasteiger partial charge in [-0.1, -0.05) is 36.3 Å². The van der Waals surface area contributed by atoms with Gasteiger partial charge in [0.05, 0.1) is 0 Å². The van der Waals surface area contributed by atoms with Gasteiger partial charge >= 0.3 is 0 Å². The van der Waals surface area contributed by atoms with Crippen LogP contribution in [0.1, 0.15) is 24.8 Å². The number of carbonyl (C=O) groups is 1. The van der Waals surface area contributed by atoms with Gasteiger partial charge in [-0.25, -0.2) is 0 Å². The summed E-state index contributed by atoms with van der Waals surface area (Å²) >= 11 is 0.